The van der Waals surface area contributed by atoms with E-state index in [1.165, 1.54) is 11.0 Å². The fourth-order valence-electron chi connectivity index (χ4n) is 1.73. The zero-order valence-electron chi connectivity index (χ0n) is 13.3. The van der Waals surface area contributed by atoms with Crippen molar-refractivity contribution in [3.05, 3.63) is 30.1 Å². The number of hydrogen-bond acceptors (Lipinski definition) is 5. The second-order valence-electron chi connectivity index (χ2n) is 5.53. The number of nitrogens with one attached hydrogen (secondary N) is 1. The van der Waals surface area contributed by atoms with Gasteiger partial charge in [0.25, 0.3) is 5.91 Å². The first-order valence-corrected chi connectivity index (χ1v) is 7.19. The number of amides is 1. The maximum absolute atomic E-state index is 11.9. The van der Waals surface area contributed by atoms with Crippen molar-refractivity contribution in [1.82, 2.24) is 35.1 Å². The largest absolute Gasteiger partial charge is 0.347 e. The molecule has 0 saturated carbocycles. The number of aromatic nitrogens is 6. The van der Waals surface area contributed by atoms with Gasteiger partial charge in [-0.05, 0) is 18.9 Å². The second kappa shape index (κ2) is 6.97. The first-order valence-electron chi connectivity index (χ1n) is 7.19. The van der Waals surface area contributed by atoms with Crippen LogP contribution in [0.15, 0.2) is 18.6 Å². The molecule has 118 valence electrons. The summed E-state index contributed by atoms with van der Waals surface area (Å²) in [6.07, 6.45) is 7.35. The van der Waals surface area contributed by atoms with E-state index in [4.69, 9.17) is 0 Å². The highest BCUT2D eigenvalue weighted by Gasteiger charge is 2.13. The van der Waals surface area contributed by atoms with Crippen LogP contribution in [0.2, 0.25) is 0 Å². The molecule has 0 saturated heterocycles. The minimum absolute atomic E-state index is 0.0126. The van der Waals surface area contributed by atoms with Gasteiger partial charge in [-0.3, -0.25) is 9.48 Å². The van der Waals surface area contributed by atoms with Crippen LogP contribution in [0.5, 0.6) is 0 Å². The molecule has 2 aromatic rings. The van der Waals surface area contributed by atoms with E-state index >= 15 is 0 Å². The molecular weight excluding hydrogens is 282 g/mol. The Kier molecular flexibility index (Phi) is 5.03. The zero-order chi connectivity index (χ0) is 16.1. The highest BCUT2D eigenvalue weighted by atomic mass is 16.2. The van der Waals surface area contributed by atoms with Crippen molar-refractivity contribution in [2.75, 3.05) is 6.54 Å². The molecule has 0 fully saturated rings. The molecule has 0 aliphatic carbocycles. The Morgan fingerprint density at radius 1 is 1.41 bits per heavy atom. The van der Waals surface area contributed by atoms with Crippen LogP contribution < -0.4 is 5.32 Å². The molecule has 22 heavy (non-hydrogen) atoms. The highest BCUT2D eigenvalue weighted by Crippen LogP contribution is 2.06. The van der Waals surface area contributed by atoms with Crippen LogP contribution in [0.3, 0.4) is 0 Å². The molecule has 1 unspecified atom stereocenters. The molecule has 0 aliphatic heterocycles. The molecule has 0 aliphatic rings. The number of hydrogen-bond donors (Lipinski definition) is 1. The van der Waals surface area contributed by atoms with Gasteiger partial charge < -0.3 is 5.32 Å². The summed E-state index contributed by atoms with van der Waals surface area (Å²) in [4.78, 5) is 15.8. The molecule has 8 heteroatoms. The quantitative estimate of drug-likeness (QED) is 0.862. The van der Waals surface area contributed by atoms with Crippen molar-refractivity contribution >= 4 is 12.0 Å². The van der Waals surface area contributed by atoms with Gasteiger partial charge >= 0.3 is 0 Å². The van der Waals surface area contributed by atoms with E-state index in [0.29, 0.717) is 12.5 Å². The van der Waals surface area contributed by atoms with Crippen molar-refractivity contribution in [2.45, 2.75) is 26.8 Å². The van der Waals surface area contributed by atoms with Crippen molar-refractivity contribution in [1.29, 1.82) is 0 Å². The van der Waals surface area contributed by atoms with Crippen molar-refractivity contribution < 1.29 is 4.79 Å². The molecule has 1 N–H and O–H groups in total. The van der Waals surface area contributed by atoms with Crippen LogP contribution in [0.25, 0.3) is 6.08 Å². The average Bonchev–Trinajstić information content (AvgIpc) is 3.11. The molecule has 2 aromatic heterocycles. The Morgan fingerprint density at radius 2 is 2.18 bits per heavy atom. The van der Waals surface area contributed by atoms with Gasteiger partial charge in [0.15, 0.2) is 0 Å². The molecule has 0 spiro atoms. The number of carbonyl (C=O) groups excluding carboxylic acids is 1. The molecule has 2 heterocycles. The Bertz CT molecular complexity index is 656. The monoisotopic (exact) mass is 303 g/mol. The molecule has 8 nitrogen and oxygen atoms in total. The third-order valence-electron chi connectivity index (χ3n) is 2.99. The summed E-state index contributed by atoms with van der Waals surface area (Å²) in [5.74, 6) is 0.328. The Hall–Kier alpha value is -2.51. The van der Waals surface area contributed by atoms with Crippen molar-refractivity contribution in [2.24, 2.45) is 13.0 Å². The molecular formula is C14H21N7O. The smallest absolute Gasteiger partial charge is 0.291 e. The van der Waals surface area contributed by atoms with Crippen LogP contribution >= 0.6 is 0 Å². The number of rotatable bonds is 6. The van der Waals surface area contributed by atoms with E-state index in [1.54, 1.807) is 11.7 Å². The fraction of sp³-hybridized carbons (Fsp3) is 0.500. The molecule has 0 radical (unpaired) electrons. The van der Waals surface area contributed by atoms with Crippen LogP contribution in [-0.4, -0.2) is 42.2 Å². The number of allylic oxidation sites excluding steroid dienone is 1. The fourth-order valence-corrected chi connectivity index (χ4v) is 1.73. The third-order valence-corrected chi connectivity index (χ3v) is 2.99. The normalized spacial score (nSPS) is 13.0. The predicted molar refractivity (Wildman–Crippen MR) is 81.9 cm³/mol. The molecule has 1 atom stereocenters. The average molecular weight is 303 g/mol. The molecule has 2 rings (SSSR count). The van der Waals surface area contributed by atoms with Crippen molar-refractivity contribution in [3.63, 3.8) is 0 Å². The van der Waals surface area contributed by atoms with E-state index in [9.17, 15) is 4.79 Å². The van der Waals surface area contributed by atoms with E-state index in [-0.39, 0.29) is 17.8 Å². The maximum atomic E-state index is 11.9. The van der Waals surface area contributed by atoms with Gasteiger partial charge in [0, 0.05) is 13.6 Å². The van der Waals surface area contributed by atoms with E-state index in [2.05, 4.69) is 45.6 Å². The van der Waals surface area contributed by atoms with Crippen LogP contribution in [0, 0.1) is 5.92 Å². The Labute approximate surface area is 129 Å². The summed E-state index contributed by atoms with van der Waals surface area (Å²) < 4.78 is 3.22. The number of aryl methyl sites for hydroxylation is 1. The zero-order valence-corrected chi connectivity index (χ0v) is 13.3. The summed E-state index contributed by atoms with van der Waals surface area (Å²) in [6, 6.07) is -0.0126. The van der Waals surface area contributed by atoms with Gasteiger partial charge in [-0.15, -0.1) is 10.2 Å². The Morgan fingerprint density at radius 3 is 2.82 bits per heavy atom. The van der Waals surface area contributed by atoms with Gasteiger partial charge in [0.05, 0.1) is 12.2 Å². The molecule has 1 amide bonds. The van der Waals surface area contributed by atoms with Gasteiger partial charge in [-0.25, -0.2) is 9.67 Å². The van der Waals surface area contributed by atoms with Crippen LogP contribution in [-0.2, 0) is 7.05 Å². The SMILES string of the molecule is CC(C)/C=C/c1cn(C(C)CNC(=O)c2ncn(C)n2)nn1. The lowest BCUT2D eigenvalue weighted by Gasteiger charge is -2.11. The minimum Gasteiger partial charge on any atom is -0.347 e. The van der Waals surface area contributed by atoms with E-state index in [1.807, 2.05) is 19.2 Å². The van der Waals surface area contributed by atoms with Gasteiger partial charge in [0.2, 0.25) is 5.82 Å². The van der Waals surface area contributed by atoms with E-state index < -0.39 is 0 Å². The lowest BCUT2D eigenvalue weighted by molar-refractivity contribution is 0.0937. The number of carbonyl (C=O) groups is 1. The van der Waals surface area contributed by atoms with E-state index in [0.717, 1.165) is 5.69 Å². The third kappa shape index (κ3) is 4.24. The van der Waals surface area contributed by atoms with Crippen molar-refractivity contribution in [3.8, 4) is 0 Å². The first-order chi connectivity index (χ1) is 10.5. The Balaban J connectivity index is 1.89. The summed E-state index contributed by atoms with van der Waals surface area (Å²) in [5, 5.41) is 14.9. The second-order valence-corrected chi connectivity index (χ2v) is 5.53. The lowest BCUT2D eigenvalue weighted by Crippen LogP contribution is -2.30. The highest BCUT2D eigenvalue weighted by molar-refractivity contribution is 5.90. The number of nitrogens with zero attached hydrogens (tertiary/aromatic N) is 6. The minimum atomic E-state index is -0.299. The first kappa shape index (κ1) is 15.9. The summed E-state index contributed by atoms with van der Waals surface area (Å²) in [7, 11) is 1.72. The summed E-state index contributed by atoms with van der Waals surface area (Å²) in [6.45, 7) is 6.58. The van der Waals surface area contributed by atoms with Gasteiger partial charge in [0.1, 0.15) is 12.0 Å². The summed E-state index contributed by atoms with van der Waals surface area (Å²) >= 11 is 0. The standard InChI is InChI=1S/C14H21N7O/c1-10(2)5-6-12-8-21(19-17-12)11(3)7-15-14(22)13-16-9-20(4)18-13/h5-6,8-11H,7H2,1-4H3,(H,15,22)/b6-5+. The van der Waals surface area contributed by atoms with Crippen LogP contribution in [0.4, 0.5) is 0 Å². The van der Waals surface area contributed by atoms with Gasteiger partial charge in [-0.1, -0.05) is 25.1 Å². The molecule has 0 bridgehead atoms. The van der Waals surface area contributed by atoms with Gasteiger partial charge in [-0.2, -0.15) is 0 Å². The summed E-state index contributed by atoms with van der Waals surface area (Å²) in [5.41, 5.74) is 0.804. The maximum Gasteiger partial charge on any atom is 0.291 e. The topological polar surface area (TPSA) is 90.5 Å². The molecule has 0 aromatic carbocycles. The lowest BCUT2D eigenvalue weighted by atomic mass is 10.2. The predicted octanol–water partition coefficient (Wildman–Crippen LogP) is 1.07. The van der Waals surface area contributed by atoms with Crippen LogP contribution in [0.1, 0.15) is 43.1 Å².